The molecule has 0 radical (unpaired) electrons. The Labute approximate surface area is 145 Å². The van der Waals surface area contributed by atoms with E-state index < -0.39 is 0 Å². The molecule has 3 aromatic rings. The molecule has 0 bridgehead atoms. The Morgan fingerprint density at radius 3 is 2.64 bits per heavy atom. The number of carbonyl (C=O) groups is 1. The van der Waals surface area contributed by atoms with Gasteiger partial charge < -0.3 is 5.11 Å². The third-order valence-electron chi connectivity index (χ3n) is 4.67. The number of nitrogens with zero attached hydrogens (tertiary/aromatic N) is 1. The van der Waals surface area contributed by atoms with Gasteiger partial charge in [0.1, 0.15) is 5.75 Å². The number of benzene rings is 3. The highest BCUT2D eigenvalue weighted by atomic mass is 16.3. The van der Waals surface area contributed by atoms with Crippen molar-refractivity contribution in [1.29, 1.82) is 0 Å². The lowest BCUT2D eigenvalue weighted by atomic mass is 10.1. The van der Waals surface area contributed by atoms with Crippen molar-refractivity contribution in [2.75, 3.05) is 0 Å². The molecule has 1 saturated carbocycles. The van der Waals surface area contributed by atoms with Crippen molar-refractivity contribution in [2.45, 2.75) is 12.3 Å². The van der Waals surface area contributed by atoms with E-state index in [0.717, 1.165) is 17.2 Å². The Kier molecular flexibility index (Phi) is 3.94. The Balaban J connectivity index is 1.42. The zero-order chi connectivity index (χ0) is 17.2. The van der Waals surface area contributed by atoms with Crippen molar-refractivity contribution in [3.8, 4) is 5.75 Å². The van der Waals surface area contributed by atoms with E-state index in [-0.39, 0.29) is 23.5 Å². The summed E-state index contributed by atoms with van der Waals surface area (Å²) in [4.78, 5) is 12.2. The number of hydrogen-bond acceptors (Lipinski definition) is 3. The Bertz CT molecular complexity index is 951. The van der Waals surface area contributed by atoms with Gasteiger partial charge in [0.05, 0.1) is 6.21 Å². The summed E-state index contributed by atoms with van der Waals surface area (Å²) in [6.45, 7) is 0. The van der Waals surface area contributed by atoms with E-state index in [1.54, 1.807) is 6.07 Å². The summed E-state index contributed by atoms with van der Waals surface area (Å²) in [6.07, 6.45) is 2.34. The highest BCUT2D eigenvalue weighted by molar-refractivity contribution is 5.97. The summed E-state index contributed by atoms with van der Waals surface area (Å²) in [7, 11) is 0. The first-order valence-electron chi connectivity index (χ1n) is 8.32. The quantitative estimate of drug-likeness (QED) is 0.564. The molecule has 0 saturated heterocycles. The molecule has 1 aliphatic carbocycles. The van der Waals surface area contributed by atoms with Gasteiger partial charge in [-0.1, -0.05) is 60.7 Å². The number of phenolic OH excluding ortho intramolecular Hbond substituents is 1. The van der Waals surface area contributed by atoms with Gasteiger partial charge in [-0.25, -0.2) is 5.43 Å². The second kappa shape index (κ2) is 6.40. The summed E-state index contributed by atoms with van der Waals surface area (Å²) >= 11 is 0. The number of amides is 1. The Hall–Kier alpha value is -3.14. The molecular formula is C21H18N2O2. The van der Waals surface area contributed by atoms with Crippen molar-refractivity contribution < 1.29 is 9.90 Å². The molecule has 0 heterocycles. The minimum Gasteiger partial charge on any atom is -0.507 e. The smallest absolute Gasteiger partial charge is 0.243 e. The molecule has 0 spiro atoms. The topological polar surface area (TPSA) is 61.7 Å². The van der Waals surface area contributed by atoms with Crippen molar-refractivity contribution in [3.63, 3.8) is 0 Å². The molecule has 1 aliphatic rings. The molecule has 2 N–H and O–H groups in total. The van der Waals surface area contributed by atoms with Crippen LogP contribution in [0.15, 0.2) is 71.8 Å². The maximum absolute atomic E-state index is 12.2. The molecule has 2 unspecified atom stereocenters. The van der Waals surface area contributed by atoms with Gasteiger partial charge in [0.2, 0.25) is 5.91 Å². The van der Waals surface area contributed by atoms with E-state index in [0.29, 0.717) is 5.56 Å². The zero-order valence-electron chi connectivity index (χ0n) is 13.6. The number of fused-ring (bicyclic) bond motifs is 1. The average molecular weight is 330 g/mol. The molecule has 0 aliphatic heterocycles. The number of phenols is 1. The maximum Gasteiger partial charge on any atom is 0.243 e. The molecular weight excluding hydrogens is 312 g/mol. The third-order valence-corrected chi connectivity index (χ3v) is 4.67. The maximum atomic E-state index is 12.2. The highest BCUT2D eigenvalue weighted by Gasteiger charge is 2.43. The molecule has 2 atom stereocenters. The first kappa shape index (κ1) is 15.4. The Morgan fingerprint density at radius 2 is 1.80 bits per heavy atom. The van der Waals surface area contributed by atoms with E-state index in [9.17, 15) is 9.90 Å². The summed E-state index contributed by atoms with van der Waals surface area (Å²) in [5.41, 5.74) is 4.36. The number of rotatable bonds is 4. The van der Waals surface area contributed by atoms with Gasteiger partial charge in [-0.3, -0.25) is 4.79 Å². The first-order valence-corrected chi connectivity index (χ1v) is 8.32. The second-order valence-corrected chi connectivity index (χ2v) is 6.32. The molecule has 0 aromatic heterocycles. The lowest BCUT2D eigenvalue weighted by Gasteiger charge is -2.04. The van der Waals surface area contributed by atoms with Crippen molar-refractivity contribution in [2.24, 2.45) is 11.0 Å². The first-order chi connectivity index (χ1) is 12.2. The zero-order valence-corrected chi connectivity index (χ0v) is 13.6. The molecule has 1 fully saturated rings. The van der Waals surface area contributed by atoms with Crippen LogP contribution in [-0.2, 0) is 4.79 Å². The van der Waals surface area contributed by atoms with Crippen LogP contribution in [0.25, 0.3) is 10.8 Å². The van der Waals surface area contributed by atoms with Gasteiger partial charge in [-0.2, -0.15) is 5.10 Å². The van der Waals surface area contributed by atoms with Crippen LogP contribution < -0.4 is 5.43 Å². The monoisotopic (exact) mass is 330 g/mol. The minimum atomic E-state index is -0.0783. The van der Waals surface area contributed by atoms with Gasteiger partial charge in [-0.05, 0) is 29.4 Å². The summed E-state index contributed by atoms with van der Waals surface area (Å²) < 4.78 is 0. The van der Waals surface area contributed by atoms with E-state index in [4.69, 9.17) is 0 Å². The predicted molar refractivity (Wildman–Crippen MR) is 98.6 cm³/mol. The normalized spacial score (nSPS) is 19.2. The molecule has 25 heavy (non-hydrogen) atoms. The lowest BCUT2D eigenvalue weighted by molar-refractivity contribution is -0.122. The van der Waals surface area contributed by atoms with Gasteiger partial charge in [-0.15, -0.1) is 0 Å². The van der Waals surface area contributed by atoms with Crippen molar-refractivity contribution in [1.82, 2.24) is 5.43 Å². The lowest BCUT2D eigenvalue weighted by Crippen LogP contribution is -2.20. The van der Waals surface area contributed by atoms with Crippen LogP contribution in [0.5, 0.6) is 5.75 Å². The minimum absolute atomic E-state index is 0.0234. The van der Waals surface area contributed by atoms with E-state index in [2.05, 4.69) is 10.5 Å². The standard InChI is InChI=1S/C21H18N2O2/c24-20-16(11-10-15-8-4-5-9-17(15)20)13-22-23-21(25)19-12-18(19)14-6-2-1-3-7-14/h1-11,13,18-19,24H,12H2,(H,23,25)/b22-13+. The number of carbonyl (C=O) groups excluding carboxylic acids is 1. The predicted octanol–water partition coefficient (Wildman–Crippen LogP) is 3.80. The van der Waals surface area contributed by atoms with Crippen LogP contribution in [0.2, 0.25) is 0 Å². The largest absolute Gasteiger partial charge is 0.507 e. The Morgan fingerprint density at radius 1 is 1.04 bits per heavy atom. The van der Waals surface area contributed by atoms with Crippen LogP contribution >= 0.6 is 0 Å². The van der Waals surface area contributed by atoms with E-state index in [1.165, 1.54) is 11.8 Å². The van der Waals surface area contributed by atoms with Crippen LogP contribution in [0.3, 0.4) is 0 Å². The number of hydrogen-bond donors (Lipinski definition) is 2. The molecule has 1 amide bonds. The fraction of sp³-hybridized carbons (Fsp3) is 0.143. The number of nitrogens with one attached hydrogen (secondary N) is 1. The summed E-state index contributed by atoms with van der Waals surface area (Å²) in [6, 6.07) is 21.4. The van der Waals surface area contributed by atoms with Gasteiger partial charge >= 0.3 is 0 Å². The van der Waals surface area contributed by atoms with E-state index in [1.807, 2.05) is 60.7 Å². The average Bonchev–Trinajstić information content (AvgIpc) is 3.45. The number of hydrazone groups is 1. The third kappa shape index (κ3) is 3.11. The molecule has 3 aromatic carbocycles. The summed E-state index contributed by atoms with van der Waals surface area (Å²) in [5, 5.41) is 16.1. The fourth-order valence-corrected chi connectivity index (χ4v) is 3.18. The summed E-state index contributed by atoms with van der Waals surface area (Å²) in [5.74, 6) is 0.352. The number of aromatic hydroxyl groups is 1. The molecule has 4 rings (SSSR count). The van der Waals surface area contributed by atoms with E-state index >= 15 is 0 Å². The van der Waals surface area contributed by atoms with Gasteiger partial charge in [0, 0.05) is 16.9 Å². The van der Waals surface area contributed by atoms with Gasteiger partial charge in [0.15, 0.2) is 0 Å². The van der Waals surface area contributed by atoms with Gasteiger partial charge in [0.25, 0.3) is 0 Å². The molecule has 4 heteroatoms. The SMILES string of the molecule is O=C(N/N=C/c1ccc2ccccc2c1O)C1CC1c1ccccc1. The molecule has 124 valence electrons. The molecule has 4 nitrogen and oxygen atoms in total. The van der Waals surface area contributed by atoms with Crippen LogP contribution in [0.4, 0.5) is 0 Å². The van der Waals surface area contributed by atoms with Crippen LogP contribution in [0, 0.1) is 5.92 Å². The van der Waals surface area contributed by atoms with Crippen LogP contribution in [0.1, 0.15) is 23.5 Å². The van der Waals surface area contributed by atoms with Crippen LogP contribution in [-0.4, -0.2) is 17.2 Å². The fourth-order valence-electron chi connectivity index (χ4n) is 3.18. The second-order valence-electron chi connectivity index (χ2n) is 6.32. The van der Waals surface area contributed by atoms with Crippen molar-refractivity contribution >= 4 is 22.9 Å². The highest BCUT2D eigenvalue weighted by Crippen LogP contribution is 2.47. The van der Waals surface area contributed by atoms with Crippen molar-refractivity contribution in [3.05, 3.63) is 77.9 Å².